The third kappa shape index (κ3) is 3.77. The molecular formula is C19H21ClN2O3S. The van der Waals surface area contributed by atoms with E-state index in [-0.39, 0.29) is 10.7 Å². The van der Waals surface area contributed by atoms with Crippen LogP contribution < -0.4 is 4.90 Å². The van der Waals surface area contributed by atoms with Crippen molar-refractivity contribution in [1.29, 1.82) is 0 Å². The van der Waals surface area contributed by atoms with Gasteiger partial charge in [-0.05, 0) is 61.9 Å². The molecule has 5 nitrogen and oxygen atoms in total. The van der Waals surface area contributed by atoms with Crippen LogP contribution in [0.1, 0.15) is 22.8 Å². The number of carbonyl (C=O) groups excluding carboxylic acids is 1. The molecule has 26 heavy (non-hydrogen) atoms. The van der Waals surface area contributed by atoms with Crippen molar-refractivity contribution in [3.05, 3.63) is 58.6 Å². The number of anilines is 1. The van der Waals surface area contributed by atoms with Gasteiger partial charge in [0.1, 0.15) is 0 Å². The van der Waals surface area contributed by atoms with E-state index in [0.717, 1.165) is 11.3 Å². The van der Waals surface area contributed by atoms with Gasteiger partial charge in [-0.25, -0.2) is 8.42 Å². The van der Waals surface area contributed by atoms with E-state index in [0.29, 0.717) is 36.8 Å². The number of piperazine rings is 1. The quantitative estimate of drug-likeness (QED) is 0.748. The second-order valence-electron chi connectivity index (χ2n) is 6.41. The Morgan fingerprint density at radius 2 is 1.62 bits per heavy atom. The van der Waals surface area contributed by atoms with Gasteiger partial charge in [0.25, 0.3) is 0 Å². The van der Waals surface area contributed by atoms with E-state index in [1.54, 1.807) is 37.3 Å². The fourth-order valence-corrected chi connectivity index (χ4v) is 4.65. The standard InChI is InChI=1S/C19H21ClN2O3S/c1-14-13-18(7-8-19(14)20)26(24,25)22-11-9-21(10-12-22)17-5-3-16(4-6-17)15(2)23/h3-8,13H,9-12H2,1-2H3. The molecule has 0 N–H and O–H groups in total. The van der Waals surface area contributed by atoms with Crippen LogP contribution >= 0.6 is 11.6 Å². The highest BCUT2D eigenvalue weighted by Crippen LogP contribution is 2.24. The van der Waals surface area contributed by atoms with Crippen molar-refractivity contribution in [3.8, 4) is 0 Å². The molecule has 1 saturated heterocycles. The van der Waals surface area contributed by atoms with Gasteiger partial charge in [-0.15, -0.1) is 0 Å². The van der Waals surface area contributed by atoms with Crippen molar-refractivity contribution >= 4 is 33.1 Å². The third-order valence-corrected chi connectivity index (χ3v) is 6.96. The van der Waals surface area contributed by atoms with Gasteiger partial charge in [-0.2, -0.15) is 4.31 Å². The molecule has 0 bridgehead atoms. The van der Waals surface area contributed by atoms with Crippen LogP contribution in [0.25, 0.3) is 0 Å². The molecule has 138 valence electrons. The first-order valence-corrected chi connectivity index (χ1v) is 10.2. The average Bonchev–Trinajstić information content (AvgIpc) is 2.64. The van der Waals surface area contributed by atoms with Crippen molar-refractivity contribution in [3.63, 3.8) is 0 Å². The van der Waals surface area contributed by atoms with Gasteiger partial charge in [0.15, 0.2) is 5.78 Å². The summed E-state index contributed by atoms with van der Waals surface area (Å²) in [5, 5.41) is 0.558. The summed E-state index contributed by atoms with van der Waals surface area (Å²) in [5.41, 5.74) is 2.42. The Morgan fingerprint density at radius 3 is 2.15 bits per heavy atom. The number of benzene rings is 2. The molecule has 0 atom stereocenters. The Labute approximate surface area is 159 Å². The van der Waals surface area contributed by atoms with E-state index in [4.69, 9.17) is 11.6 Å². The number of hydrogen-bond donors (Lipinski definition) is 0. The molecule has 0 spiro atoms. The molecule has 0 saturated carbocycles. The molecule has 2 aromatic carbocycles. The van der Waals surface area contributed by atoms with Gasteiger partial charge in [-0.1, -0.05) is 11.6 Å². The van der Waals surface area contributed by atoms with Crippen LogP contribution in [0, 0.1) is 6.92 Å². The first-order valence-electron chi connectivity index (χ1n) is 8.41. The van der Waals surface area contributed by atoms with E-state index in [9.17, 15) is 13.2 Å². The van der Waals surface area contributed by atoms with Crippen molar-refractivity contribution in [2.24, 2.45) is 0 Å². The maximum absolute atomic E-state index is 12.8. The molecule has 2 aromatic rings. The lowest BCUT2D eigenvalue weighted by Gasteiger charge is -2.35. The van der Waals surface area contributed by atoms with E-state index in [1.807, 2.05) is 12.1 Å². The molecule has 7 heteroatoms. The monoisotopic (exact) mass is 392 g/mol. The van der Waals surface area contributed by atoms with Gasteiger partial charge in [0, 0.05) is 42.5 Å². The predicted octanol–water partition coefficient (Wildman–Crippen LogP) is 3.36. The third-order valence-electron chi connectivity index (χ3n) is 4.64. The molecule has 0 unspecified atom stereocenters. The Morgan fingerprint density at radius 1 is 1.00 bits per heavy atom. The summed E-state index contributed by atoms with van der Waals surface area (Å²) < 4.78 is 27.2. The number of sulfonamides is 1. The average molecular weight is 393 g/mol. The molecule has 1 aliphatic heterocycles. The first-order chi connectivity index (χ1) is 12.3. The minimum Gasteiger partial charge on any atom is -0.369 e. The number of nitrogens with zero attached hydrogens (tertiary/aromatic N) is 2. The van der Waals surface area contributed by atoms with Gasteiger partial charge in [0.2, 0.25) is 10.0 Å². The summed E-state index contributed by atoms with van der Waals surface area (Å²) in [4.78, 5) is 13.8. The summed E-state index contributed by atoms with van der Waals surface area (Å²) in [7, 11) is -3.52. The molecule has 0 amide bonds. The number of aryl methyl sites for hydroxylation is 1. The highest BCUT2D eigenvalue weighted by atomic mass is 35.5. The Hall–Kier alpha value is -1.89. The fourth-order valence-electron chi connectivity index (χ4n) is 3.02. The van der Waals surface area contributed by atoms with Crippen LogP contribution in [0.15, 0.2) is 47.4 Å². The summed E-state index contributed by atoms with van der Waals surface area (Å²) in [6.07, 6.45) is 0. The zero-order valence-corrected chi connectivity index (χ0v) is 16.3. The molecule has 1 aliphatic rings. The van der Waals surface area contributed by atoms with E-state index in [1.165, 1.54) is 11.2 Å². The largest absolute Gasteiger partial charge is 0.369 e. The molecule has 1 heterocycles. The number of carbonyl (C=O) groups is 1. The minimum atomic E-state index is -3.52. The minimum absolute atomic E-state index is 0.0331. The van der Waals surface area contributed by atoms with E-state index < -0.39 is 10.0 Å². The second kappa shape index (κ2) is 7.39. The number of ketones is 1. The van der Waals surface area contributed by atoms with Crippen molar-refractivity contribution in [2.45, 2.75) is 18.7 Å². The van der Waals surface area contributed by atoms with E-state index >= 15 is 0 Å². The molecule has 3 rings (SSSR count). The molecule has 1 fully saturated rings. The van der Waals surface area contributed by atoms with Crippen LogP contribution in [-0.2, 0) is 10.0 Å². The molecule has 0 radical (unpaired) electrons. The highest BCUT2D eigenvalue weighted by Gasteiger charge is 2.28. The normalized spacial score (nSPS) is 15.9. The zero-order chi connectivity index (χ0) is 18.9. The Balaban J connectivity index is 1.71. The summed E-state index contributed by atoms with van der Waals surface area (Å²) >= 11 is 6.00. The number of halogens is 1. The number of rotatable bonds is 4. The highest BCUT2D eigenvalue weighted by molar-refractivity contribution is 7.89. The second-order valence-corrected chi connectivity index (χ2v) is 8.75. The van der Waals surface area contributed by atoms with Crippen LogP contribution in [0.5, 0.6) is 0 Å². The topological polar surface area (TPSA) is 57.7 Å². The lowest BCUT2D eigenvalue weighted by molar-refractivity contribution is 0.101. The van der Waals surface area contributed by atoms with Crippen molar-refractivity contribution in [2.75, 3.05) is 31.1 Å². The van der Waals surface area contributed by atoms with Crippen LogP contribution in [0.3, 0.4) is 0 Å². The van der Waals surface area contributed by atoms with Gasteiger partial charge < -0.3 is 4.90 Å². The van der Waals surface area contributed by atoms with Crippen molar-refractivity contribution in [1.82, 2.24) is 4.31 Å². The fraction of sp³-hybridized carbons (Fsp3) is 0.316. The van der Waals surface area contributed by atoms with Crippen molar-refractivity contribution < 1.29 is 13.2 Å². The maximum Gasteiger partial charge on any atom is 0.243 e. The lowest BCUT2D eigenvalue weighted by atomic mass is 10.1. The van der Waals surface area contributed by atoms with Gasteiger partial charge in [-0.3, -0.25) is 4.79 Å². The predicted molar refractivity (Wildman–Crippen MR) is 104 cm³/mol. The van der Waals surface area contributed by atoms with Crippen LogP contribution in [0.2, 0.25) is 5.02 Å². The number of hydrogen-bond acceptors (Lipinski definition) is 4. The maximum atomic E-state index is 12.8. The smallest absolute Gasteiger partial charge is 0.243 e. The summed E-state index contributed by atoms with van der Waals surface area (Å²) in [6.45, 7) is 5.37. The summed E-state index contributed by atoms with van der Waals surface area (Å²) in [6, 6.07) is 12.2. The lowest BCUT2D eigenvalue weighted by Crippen LogP contribution is -2.48. The Bertz CT molecular complexity index is 918. The van der Waals surface area contributed by atoms with Gasteiger partial charge >= 0.3 is 0 Å². The molecule has 0 aliphatic carbocycles. The van der Waals surface area contributed by atoms with Crippen LogP contribution in [-0.4, -0.2) is 44.7 Å². The summed E-state index contributed by atoms with van der Waals surface area (Å²) in [5.74, 6) is 0.0331. The van der Waals surface area contributed by atoms with Gasteiger partial charge in [0.05, 0.1) is 4.90 Å². The first kappa shape index (κ1) is 18.9. The molecule has 0 aromatic heterocycles. The van der Waals surface area contributed by atoms with E-state index in [2.05, 4.69) is 4.90 Å². The Kier molecular flexibility index (Phi) is 5.37. The number of Topliss-reactive ketones (excluding diaryl/α,β-unsaturated/α-hetero) is 1. The molecular weight excluding hydrogens is 372 g/mol. The van der Waals surface area contributed by atoms with Crippen LogP contribution in [0.4, 0.5) is 5.69 Å². The zero-order valence-electron chi connectivity index (χ0n) is 14.8. The SMILES string of the molecule is CC(=O)c1ccc(N2CCN(S(=O)(=O)c3ccc(Cl)c(C)c3)CC2)cc1.